The van der Waals surface area contributed by atoms with E-state index in [0.717, 1.165) is 23.3 Å². The van der Waals surface area contributed by atoms with Crippen LogP contribution >= 0.6 is 0 Å². The van der Waals surface area contributed by atoms with Crippen LogP contribution in [0.5, 0.6) is 11.5 Å². The molecule has 1 aliphatic rings. The van der Waals surface area contributed by atoms with Crippen molar-refractivity contribution in [2.24, 2.45) is 0 Å². The lowest BCUT2D eigenvalue weighted by Crippen LogP contribution is -2.31. The third-order valence-electron chi connectivity index (χ3n) is 5.32. The molecular formula is C23H25N3O4. The largest absolute Gasteiger partial charge is 0.507 e. The second-order valence-electron chi connectivity index (χ2n) is 7.11. The zero-order valence-corrected chi connectivity index (χ0v) is 17.1. The fourth-order valence-electron chi connectivity index (χ4n) is 3.95. The predicted molar refractivity (Wildman–Crippen MR) is 113 cm³/mol. The Kier molecular flexibility index (Phi) is 5.72. The predicted octanol–water partition coefficient (Wildman–Crippen LogP) is 3.76. The third-order valence-corrected chi connectivity index (χ3v) is 5.32. The zero-order chi connectivity index (χ0) is 21.1. The molecule has 2 N–H and O–H groups in total. The standard InChI is InChI=1S/C23H25N3O4/c1-3-30-13-7-12-26-22(15-8-6-9-16(14-15)29-2)19-20(24-25-21(19)23(26)28)17-10-4-5-11-18(17)27/h4-6,8-11,14,22,27H,3,7,12-13H2,1-2H3,(H,24,25)/t22-/m1/s1. The quantitative estimate of drug-likeness (QED) is 0.555. The third kappa shape index (κ3) is 3.52. The number of nitrogens with zero attached hydrogens (tertiary/aromatic N) is 2. The second-order valence-corrected chi connectivity index (χ2v) is 7.11. The first-order chi connectivity index (χ1) is 14.7. The van der Waals surface area contributed by atoms with Gasteiger partial charge < -0.3 is 19.5 Å². The number of aromatic amines is 1. The molecule has 0 radical (unpaired) electrons. The fourth-order valence-corrected chi connectivity index (χ4v) is 3.95. The molecular weight excluding hydrogens is 382 g/mol. The number of para-hydroxylation sites is 1. The molecule has 1 aliphatic heterocycles. The average molecular weight is 407 g/mol. The van der Waals surface area contributed by atoms with Crippen LogP contribution in [0, 0.1) is 0 Å². The first-order valence-corrected chi connectivity index (χ1v) is 10.0. The van der Waals surface area contributed by atoms with Crippen LogP contribution in [0.15, 0.2) is 48.5 Å². The van der Waals surface area contributed by atoms with Gasteiger partial charge in [0.2, 0.25) is 0 Å². The maximum Gasteiger partial charge on any atom is 0.273 e. The molecule has 0 aliphatic carbocycles. The van der Waals surface area contributed by atoms with Gasteiger partial charge in [-0.05, 0) is 43.2 Å². The van der Waals surface area contributed by atoms with Crippen molar-refractivity contribution in [2.45, 2.75) is 19.4 Å². The molecule has 2 aromatic carbocycles. The van der Waals surface area contributed by atoms with Gasteiger partial charge in [0.1, 0.15) is 22.9 Å². The summed E-state index contributed by atoms with van der Waals surface area (Å²) in [5, 5.41) is 17.7. The Morgan fingerprint density at radius 3 is 2.80 bits per heavy atom. The number of carbonyl (C=O) groups is 1. The van der Waals surface area contributed by atoms with Gasteiger partial charge >= 0.3 is 0 Å². The van der Waals surface area contributed by atoms with E-state index in [-0.39, 0.29) is 17.7 Å². The molecule has 1 amide bonds. The Labute approximate surface area is 175 Å². The molecule has 3 aromatic rings. The molecule has 4 rings (SSSR count). The number of nitrogens with one attached hydrogen (secondary N) is 1. The van der Waals surface area contributed by atoms with Crippen LogP contribution in [0.3, 0.4) is 0 Å². The fraction of sp³-hybridized carbons (Fsp3) is 0.304. The van der Waals surface area contributed by atoms with E-state index in [0.29, 0.717) is 36.7 Å². The summed E-state index contributed by atoms with van der Waals surface area (Å²) >= 11 is 0. The Morgan fingerprint density at radius 2 is 2.03 bits per heavy atom. The van der Waals surface area contributed by atoms with E-state index in [9.17, 15) is 9.90 Å². The van der Waals surface area contributed by atoms with Gasteiger partial charge in [0.15, 0.2) is 0 Å². The van der Waals surface area contributed by atoms with Crippen molar-refractivity contribution in [1.29, 1.82) is 0 Å². The number of methoxy groups -OCH3 is 1. The minimum absolute atomic E-state index is 0.108. The molecule has 0 bridgehead atoms. The van der Waals surface area contributed by atoms with Crippen LogP contribution in [0.1, 0.15) is 41.0 Å². The van der Waals surface area contributed by atoms with Crippen LogP contribution in [-0.4, -0.2) is 53.0 Å². The van der Waals surface area contributed by atoms with Gasteiger partial charge in [0.05, 0.1) is 13.2 Å². The highest BCUT2D eigenvalue weighted by Crippen LogP contribution is 2.44. The zero-order valence-electron chi connectivity index (χ0n) is 17.1. The van der Waals surface area contributed by atoms with E-state index in [2.05, 4.69) is 10.2 Å². The molecule has 0 fully saturated rings. The first-order valence-electron chi connectivity index (χ1n) is 10.0. The SMILES string of the molecule is CCOCCCN1C(=O)c2[nH]nc(-c3ccccc3O)c2[C@H]1c1cccc(OC)c1. The molecule has 2 heterocycles. The van der Waals surface area contributed by atoms with Crippen molar-refractivity contribution < 1.29 is 19.4 Å². The lowest BCUT2D eigenvalue weighted by Gasteiger charge is -2.26. The van der Waals surface area contributed by atoms with E-state index in [1.807, 2.05) is 42.2 Å². The number of hydrogen-bond donors (Lipinski definition) is 2. The van der Waals surface area contributed by atoms with Crippen LogP contribution < -0.4 is 4.74 Å². The lowest BCUT2D eigenvalue weighted by molar-refractivity contribution is 0.0710. The number of phenolic OH excluding ortho intramolecular Hbond substituents is 1. The number of amides is 1. The van der Waals surface area contributed by atoms with E-state index in [4.69, 9.17) is 9.47 Å². The number of H-pyrrole nitrogens is 1. The van der Waals surface area contributed by atoms with Gasteiger partial charge in [-0.2, -0.15) is 5.10 Å². The number of fused-ring (bicyclic) bond motifs is 1. The molecule has 30 heavy (non-hydrogen) atoms. The maximum absolute atomic E-state index is 13.2. The van der Waals surface area contributed by atoms with E-state index in [1.54, 1.807) is 25.3 Å². The van der Waals surface area contributed by atoms with Gasteiger partial charge in [-0.25, -0.2) is 0 Å². The van der Waals surface area contributed by atoms with Crippen LogP contribution in [0.4, 0.5) is 0 Å². The summed E-state index contributed by atoms with van der Waals surface area (Å²) in [7, 11) is 1.62. The molecule has 1 atom stereocenters. The Hall–Kier alpha value is -3.32. The van der Waals surface area contributed by atoms with Crippen LogP contribution in [0.2, 0.25) is 0 Å². The normalized spacial score (nSPS) is 15.5. The highest BCUT2D eigenvalue weighted by atomic mass is 16.5. The molecule has 1 aromatic heterocycles. The monoisotopic (exact) mass is 407 g/mol. The summed E-state index contributed by atoms with van der Waals surface area (Å²) in [6, 6.07) is 14.4. The summed E-state index contributed by atoms with van der Waals surface area (Å²) in [5.74, 6) is 0.734. The summed E-state index contributed by atoms with van der Waals surface area (Å²) < 4.78 is 10.9. The van der Waals surface area contributed by atoms with Crippen molar-refractivity contribution in [2.75, 3.05) is 26.9 Å². The van der Waals surface area contributed by atoms with Crippen molar-refractivity contribution in [3.63, 3.8) is 0 Å². The van der Waals surface area contributed by atoms with Gasteiger partial charge in [-0.1, -0.05) is 24.3 Å². The van der Waals surface area contributed by atoms with Gasteiger partial charge in [-0.15, -0.1) is 0 Å². The minimum atomic E-state index is -0.336. The maximum atomic E-state index is 13.2. The van der Waals surface area contributed by atoms with Crippen LogP contribution in [0.25, 0.3) is 11.3 Å². The molecule has 0 saturated carbocycles. The minimum Gasteiger partial charge on any atom is -0.507 e. The van der Waals surface area contributed by atoms with Crippen molar-refractivity contribution in [3.05, 3.63) is 65.4 Å². The molecule has 7 heteroatoms. The number of phenols is 1. The first kappa shape index (κ1) is 20.0. The summed E-state index contributed by atoms with van der Waals surface area (Å²) in [6.45, 7) is 3.73. The van der Waals surface area contributed by atoms with Crippen molar-refractivity contribution in [1.82, 2.24) is 15.1 Å². The van der Waals surface area contributed by atoms with Gasteiger partial charge in [-0.3, -0.25) is 9.89 Å². The number of rotatable bonds is 8. The Morgan fingerprint density at radius 1 is 1.20 bits per heavy atom. The highest BCUT2D eigenvalue weighted by molar-refractivity contribution is 6.00. The van der Waals surface area contributed by atoms with Gasteiger partial charge in [0, 0.05) is 30.9 Å². The van der Waals surface area contributed by atoms with Crippen molar-refractivity contribution >= 4 is 5.91 Å². The highest BCUT2D eigenvalue weighted by Gasteiger charge is 2.42. The van der Waals surface area contributed by atoms with E-state index < -0.39 is 0 Å². The molecule has 0 unspecified atom stereocenters. The van der Waals surface area contributed by atoms with Crippen LogP contribution in [-0.2, 0) is 4.74 Å². The number of carbonyl (C=O) groups excluding carboxylic acids is 1. The molecule has 0 saturated heterocycles. The summed E-state index contributed by atoms with van der Waals surface area (Å²) in [6.07, 6.45) is 0.726. The molecule has 156 valence electrons. The van der Waals surface area contributed by atoms with E-state index in [1.165, 1.54) is 0 Å². The topological polar surface area (TPSA) is 87.7 Å². The number of ether oxygens (including phenoxy) is 2. The number of aromatic hydroxyl groups is 1. The summed E-state index contributed by atoms with van der Waals surface area (Å²) in [5.41, 5.74) is 3.32. The molecule has 0 spiro atoms. The second kappa shape index (κ2) is 8.59. The van der Waals surface area contributed by atoms with Gasteiger partial charge in [0.25, 0.3) is 5.91 Å². The Bertz CT molecular complexity index is 1050. The number of benzene rings is 2. The Balaban J connectivity index is 1.80. The number of aromatic nitrogens is 2. The van der Waals surface area contributed by atoms with E-state index >= 15 is 0 Å². The average Bonchev–Trinajstić information content (AvgIpc) is 3.31. The lowest BCUT2D eigenvalue weighted by atomic mass is 9.95. The summed E-state index contributed by atoms with van der Waals surface area (Å²) in [4.78, 5) is 15.1. The smallest absolute Gasteiger partial charge is 0.273 e. The van der Waals surface area contributed by atoms with Crippen molar-refractivity contribution in [3.8, 4) is 22.8 Å². The number of hydrogen-bond acceptors (Lipinski definition) is 5. The molecule has 7 nitrogen and oxygen atoms in total.